The first-order valence-electron chi connectivity index (χ1n) is 6.59. The Balaban J connectivity index is 1.89. The van der Waals surface area contributed by atoms with Crippen molar-refractivity contribution in [2.24, 2.45) is 0 Å². The molecule has 1 aliphatic rings. The first kappa shape index (κ1) is 15.6. The second-order valence-electron chi connectivity index (χ2n) is 4.72. The van der Waals surface area contributed by atoms with E-state index in [2.05, 4.69) is 0 Å². The number of ether oxygens (including phenoxy) is 2. The van der Waals surface area contributed by atoms with Crippen molar-refractivity contribution >= 4 is 12.0 Å². The third-order valence-electron chi connectivity index (χ3n) is 3.06. The van der Waals surface area contributed by atoms with E-state index < -0.39 is 17.7 Å². The Labute approximate surface area is 120 Å². The summed E-state index contributed by atoms with van der Waals surface area (Å²) < 4.78 is 47.9. The normalized spacial score (nSPS) is 19.1. The summed E-state index contributed by atoms with van der Waals surface area (Å²) in [6.45, 7) is 0.841. The zero-order valence-electron chi connectivity index (χ0n) is 11.2. The molecule has 1 aromatic rings. The quantitative estimate of drug-likeness (QED) is 0.631. The number of alkyl halides is 3. The first-order chi connectivity index (χ1) is 9.95. The van der Waals surface area contributed by atoms with E-state index in [1.807, 2.05) is 0 Å². The lowest BCUT2D eigenvalue weighted by atomic mass is 10.1. The Morgan fingerprint density at radius 2 is 2.24 bits per heavy atom. The third kappa shape index (κ3) is 4.90. The Bertz CT molecular complexity index is 517. The molecule has 1 saturated heterocycles. The molecule has 0 bridgehead atoms. The summed E-state index contributed by atoms with van der Waals surface area (Å²) in [4.78, 5) is 11.5. The minimum atomic E-state index is -4.40. The topological polar surface area (TPSA) is 35.5 Å². The van der Waals surface area contributed by atoms with Crippen LogP contribution in [-0.2, 0) is 20.4 Å². The lowest BCUT2D eigenvalue weighted by molar-refractivity contribution is -0.141. The zero-order valence-corrected chi connectivity index (χ0v) is 11.2. The highest BCUT2D eigenvalue weighted by atomic mass is 19.4. The van der Waals surface area contributed by atoms with Crippen LogP contribution < -0.4 is 0 Å². The maximum absolute atomic E-state index is 12.5. The van der Waals surface area contributed by atoms with Gasteiger partial charge in [-0.2, -0.15) is 13.2 Å². The van der Waals surface area contributed by atoms with Crippen molar-refractivity contribution in [2.45, 2.75) is 25.1 Å². The second-order valence-corrected chi connectivity index (χ2v) is 4.72. The number of halogens is 3. The Morgan fingerprint density at radius 1 is 1.43 bits per heavy atom. The molecule has 0 saturated carbocycles. The van der Waals surface area contributed by atoms with E-state index in [1.54, 1.807) is 0 Å². The highest BCUT2D eigenvalue weighted by molar-refractivity contribution is 5.87. The molecule has 2 rings (SSSR count). The average Bonchev–Trinajstić information content (AvgIpc) is 2.95. The molecule has 0 aromatic heterocycles. The fourth-order valence-corrected chi connectivity index (χ4v) is 1.98. The van der Waals surface area contributed by atoms with Crippen molar-refractivity contribution in [3.8, 4) is 0 Å². The summed E-state index contributed by atoms with van der Waals surface area (Å²) in [5.74, 6) is -0.595. The van der Waals surface area contributed by atoms with Crippen LogP contribution in [0.25, 0.3) is 6.08 Å². The van der Waals surface area contributed by atoms with Gasteiger partial charge in [0.1, 0.15) is 6.61 Å². The molecule has 0 amide bonds. The van der Waals surface area contributed by atoms with Crippen LogP contribution in [0.1, 0.15) is 24.0 Å². The van der Waals surface area contributed by atoms with E-state index in [0.29, 0.717) is 12.2 Å². The molecule has 0 radical (unpaired) electrons. The van der Waals surface area contributed by atoms with Gasteiger partial charge < -0.3 is 9.47 Å². The Hall–Kier alpha value is -1.82. The van der Waals surface area contributed by atoms with E-state index in [0.717, 1.165) is 31.1 Å². The van der Waals surface area contributed by atoms with Crippen LogP contribution in [0.15, 0.2) is 30.3 Å². The lowest BCUT2D eigenvalue weighted by Gasteiger charge is -2.08. The van der Waals surface area contributed by atoms with Crippen molar-refractivity contribution in [1.29, 1.82) is 0 Å². The van der Waals surface area contributed by atoms with Gasteiger partial charge in [-0.05, 0) is 36.6 Å². The number of esters is 1. The van der Waals surface area contributed by atoms with Crippen molar-refractivity contribution in [1.82, 2.24) is 0 Å². The Morgan fingerprint density at radius 3 is 2.90 bits per heavy atom. The molecule has 1 unspecified atom stereocenters. The molecule has 3 nitrogen and oxygen atoms in total. The number of benzene rings is 1. The van der Waals surface area contributed by atoms with Crippen LogP contribution in [0.2, 0.25) is 0 Å². The molecule has 1 heterocycles. The number of hydrogen-bond donors (Lipinski definition) is 0. The minimum absolute atomic E-state index is 0.0732. The van der Waals surface area contributed by atoms with Crippen LogP contribution >= 0.6 is 0 Å². The summed E-state index contributed by atoms with van der Waals surface area (Å²) in [5, 5.41) is 0. The third-order valence-corrected chi connectivity index (χ3v) is 3.06. The van der Waals surface area contributed by atoms with Gasteiger partial charge in [0.2, 0.25) is 0 Å². The number of carbonyl (C=O) groups is 1. The molecule has 0 spiro atoms. The Kier molecular flexibility index (Phi) is 5.01. The van der Waals surface area contributed by atoms with Crippen LogP contribution in [0.4, 0.5) is 13.2 Å². The SMILES string of the molecule is O=C(/C=C/c1cccc(C(F)(F)F)c1)OCC1CCCO1. The van der Waals surface area contributed by atoms with Crippen molar-refractivity contribution in [3.05, 3.63) is 41.5 Å². The van der Waals surface area contributed by atoms with Gasteiger partial charge in [0.15, 0.2) is 0 Å². The summed E-state index contributed by atoms with van der Waals surface area (Å²) in [7, 11) is 0. The molecular formula is C15H15F3O3. The van der Waals surface area contributed by atoms with Crippen molar-refractivity contribution in [2.75, 3.05) is 13.2 Å². The van der Waals surface area contributed by atoms with Gasteiger partial charge in [-0.25, -0.2) is 4.79 Å². The smallest absolute Gasteiger partial charge is 0.416 e. The van der Waals surface area contributed by atoms with E-state index in [4.69, 9.17) is 9.47 Å². The predicted octanol–water partition coefficient (Wildman–Crippen LogP) is 3.44. The monoisotopic (exact) mass is 300 g/mol. The first-order valence-corrected chi connectivity index (χ1v) is 6.59. The maximum Gasteiger partial charge on any atom is 0.416 e. The largest absolute Gasteiger partial charge is 0.460 e. The molecule has 0 aliphatic carbocycles. The van der Waals surface area contributed by atoms with E-state index in [-0.39, 0.29) is 12.7 Å². The highest BCUT2D eigenvalue weighted by Gasteiger charge is 2.30. The number of hydrogen-bond acceptors (Lipinski definition) is 3. The highest BCUT2D eigenvalue weighted by Crippen LogP contribution is 2.29. The molecular weight excluding hydrogens is 285 g/mol. The van der Waals surface area contributed by atoms with Gasteiger partial charge in [0, 0.05) is 12.7 Å². The minimum Gasteiger partial charge on any atom is -0.460 e. The number of carbonyl (C=O) groups excluding carboxylic acids is 1. The van der Waals surface area contributed by atoms with E-state index >= 15 is 0 Å². The van der Waals surface area contributed by atoms with Crippen LogP contribution in [-0.4, -0.2) is 25.3 Å². The summed E-state index contributed by atoms with van der Waals surface area (Å²) in [5.41, 5.74) is -0.462. The zero-order chi connectivity index (χ0) is 15.3. The molecule has 21 heavy (non-hydrogen) atoms. The fourth-order valence-electron chi connectivity index (χ4n) is 1.98. The van der Waals surface area contributed by atoms with Gasteiger partial charge >= 0.3 is 12.1 Å². The van der Waals surface area contributed by atoms with Gasteiger partial charge in [-0.15, -0.1) is 0 Å². The van der Waals surface area contributed by atoms with Crippen LogP contribution in [0, 0.1) is 0 Å². The standard InChI is InChI=1S/C15H15F3O3/c16-15(17,18)12-4-1-3-11(9-12)6-7-14(19)21-10-13-5-2-8-20-13/h1,3-4,6-7,9,13H,2,5,8,10H2/b7-6+. The van der Waals surface area contributed by atoms with Gasteiger partial charge in [0.25, 0.3) is 0 Å². The van der Waals surface area contributed by atoms with Crippen molar-refractivity contribution in [3.63, 3.8) is 0 Å². The summed E-state index contributed by atoms with van der Waals surface area (Å²) in [6, 6.07) is 4.73. The summed E-state index contributed by atoms with van der Waals surface area (Å²) in [6.07, 6.45) is -0.259. The van der Waals surface area contributed by atoms with E-state index in [1.165, 1.54) is 18.2 Å². The predicted molar refractivity (Wildman–Crippen MR) is 70.4 cm³/mol. The van der Waals surface area contributed by atoms with Gasteiger partial charge in [-0.3, -0.25) is 0 Å². The molecule has 1 aliphatic heterocycles. The lowest BCUT2D eigenvalue weighted by Crippen LogP contribution is -2.16. The van der Waals surface area contributed by atoms with Crippen molar-refractivity contribution < 1.29 is 27.4 Å². The number of rotatable bonds is 4. The molecule has 0 N–H and O–H groups in total. The molecule has 114 valence electrons. The molecule has 1 atom stereocenters. The van der Waals surface area contributed by atoms with Crippen LogP contribution in [0.5, 0.6) is 0 Å². The van der Waals surface area contributed by atoms with E-state index in [9.17, 15) is 18.0 Å². The van der Waals surface area contributed by atoms with Gasteiger partial charge in [0.05, 0.1) is 11.7 Å². The molecule has 6 heteroatoms. The van der Waals surface area contributed by atoms with Crippen LogP contribution in [0.3, 0.4) is 0 Å². The van der Waals surface area contributed by atoms with Gasteiger partial charge in [-0.1, -0.05) is 12.1 Å². The summed E-state index contributed by atoms with van der Waals surface area (Å²) >= 11 is 0. The second kappa shape index (κ2) is 6.76. The molecule has 1 aromatic carbocycles. The maximum atomic E-state index is 12.5. The fraction of sp³-hybridized carbons (Fsp3) is 0.400. The average molecular weight is 300 g/mol. The molecule has 1 fully saturated rings.